The van der Waals surface area contributed by atoms with Crippen LogP contribution in [0.4, 0.5) is 0 Å². The maximum atomic E-state index is 12.0. The fourth-order valence-corrected chi connectivity index (χ4v) is 2.14. The molecule has 1 aromatic heterocycles. The second kappa shape index (κ2) is 5.66. The Labute approximate surface area is 121 Å². The van der Waals surface area contributed by atoms with Crippen molar-refractivity contribution in [1.29, 1.82) is 0 Å². The Morgan fingerprint density at radius 2 is 1.81 bits per heavy atom. The first-order valence-electron chi connectivity index (χ1n) is 6.69. The van der Waals surface area contributed by atoms with Gasteiger partial charge in [-0.15, -0.1) is 4.73 Å². The van der Waals surface area contributed by atoms with Crippen LogP contribution in [0.2, 0.25) is 0 Å². The van der Waals surface area contributed by atoms with Gasteiger partial charge < -0.3 is 14.9 Å². The van der Waals surface area contributed by atoms with Crippen molar-refractivity contribution in [1.82, 2.24) is 5.32 Å². The molecule has 3 aromatic rings. The third-order valence-electron chi connectivity index (χ3n) is 3.20. The fraction of sp³-hybridized carbons (Fsp3) is 0.125. The van der Waals surface area contributed by atoms with Crippen molar-refractivity contribution in [3.63, 3.8) is 0 Å². The molecule has 1 amide bonds. The number of nitrogens with one attached hydrogen (secondary N) is 1. The molecule has 0 bridgehead atoms. The smallest absolute Gasteiger partial charge is 0.361 e. The van der Waals surface area contributed by atoms with Crippen LogP contribution >= 0.6 is 0 Å². The summed E-state index contributed by atoms with van der Waals surface area (Å²) in [6, 6.07) is 16.0. The second-order valence-corrected chi connectivity index (χ2v) is 4.63. The first-order chi connectivity index (χ1) is 10.3. The average Bonchev–Trinajstić information content (AvgIpc) is 2.85. The molecule has 0 saturated carbocycles. The number of amides is 1. The van der Waals surface area contributed by atoms with E-state index in [2.05, 4.69) is 5.32 Å². The third-order valence-corrected chi connectivity index (χ3v) is 3.20. The molecular formula is C16H14N2O3. The maximum Gasteiger partial charge on any atom is 0.361 e. The van der Waals surface area contributed by atoms with E-state index in [0.29, 0.717) is 35.5 Å². The second-order valence-electron chi connectivity index (χ2n) is 4.63. The van der Waals surface area contributed by atoms with E-state index < -0.39 is 0 Å². The Morgan fingerprint density at radius 1 is 1.10 bits per heavy atom. The lowest BCUT2D eigenvalue weighted by Gasteiger charge is -2.03. The lowest BCUT2D eigenvalue weighted by molar-refractivity contribution is -0.592. The van der Waals surface area contributed by atoms with Gasteiger partial charge in [0, 0.05) is 18.2 Å². The van der Waals surface area contributed by atoms with E-state index in [1.165, 1.54) is 0 Å². The molecule has 5 heteroatoms. The Hall–Kier alpha value is -2.82. The SMILES string of the molecule is O=C(NCCc1oc2ccccc2[n+]1[O-])c1ccccc1. The van der Waals surface area contributed by atoms with Gasteiger partial charge in [-0.25, -0.2) is 0 Å². The van der Waals surface area contributed by atoms with E-state index in [1.54, 1.807) is 42.5 Å². The first kappa shape index (κ1) is 13.2. The molecule has 0 atom stereocenters. The molecule has 5 nitrogen and oxygen atoms in total. The largest absolute Gasteiger partial charge is 0.616 e. The molecule has 0 unspecified atom stereocenters. The Kier molecular flexibility index (Phi) is 3.55. The van der Waals surface area contributed by atoms with Crippen LogP contribution in [0.1, 0.15) is 16.2 Å². The molecule has 0 spiro atoms. The van der Waals surface area contributed by atoms with Crippen molar-refractivity contribution < 1.29 is 13.9 Å². The number of hydrogen-bond acceptors (Lipinski definition) is 3. The van der Waals surface area contributed by atoms with Crippen LogP contribution in [0, 0.1) is 5.21 Å². The number of rotatable bonds is 4. The molecular weight excluding hydrogens is 268 g/mol. The van der Waals surface area contributed by atoms with Gasteiger partial charge in [-0.2, -0.15) is 0 Å². The van der Waals surface area contributed by atoms with Crippen molar-refractivity contribution >= 4 is 17.0 Å². The topological polar surface area (TPSA) is 69.2 Å². The Bertz CT molecular complexity index is 766. The predicted molar refractivity (Wildman–Crippen MR) is 77.7 cm³/mol. The van der Waals surface area contributed by atoms with E-state index in [1.807, 2.05) is 12.1 Å². The maximum absolute atomic E-state index is 12.0. The Morgan fingerprint density at radius 3 is 2.57 bits per heavy atom. The van der Waals surface area contributed by atoms with Gasteiger partial charge in [0.05, 0.1) is 6.42 Å². The summed E-state index contributed by atoms with van der Waals surface area (Å²) in [6.07, 6.45) is 0.344. The number of oxazole rings is 1. The summed E-state index contributed by atoms with van der Waals surface area (Å²) in [7, 11) is 0. The molecule has 106 valence electrons. The van der Waals surface area contributed by atoms with Crippen LogP contribution in [-0.2, 0) is 6.42 Å². The number of hydrogen-bond donors (Lipinski definition) is 1. The van der Waals surface area contributed by atoms with E-state index in [-0.39, 0.29) is 5.91 Å². The zero-order valence-corrected chi connectivity index (χ0v) is 11.3. The number of carbonyl (C=O) groups is 1. The highest BCUT2D eigenvalue weighted by Gasteiger charge is 2.17. The minimum Gasteiger partial charge on any atom is -0.616 e. The van der Waals surface area contributed by atoms with Gasteiger partial charge >= 0.3 is 5.89 Å². The molecule has 0 aliphatic heterocycles. The van der Waals surface area contributed by atoms with Crippen LogP contribution in [0.3, 0.4) is 0 Å². The zero-order valence-electron chi connectivity index (χ0n) is 11.3. The van der Waals surface area contributed by atoms with Crippen LogP contribution in [-0.4, -0.2) is 12.5 Å². The fourth-order valence-electron chi connectivity index (χ4n) is 2.14. The first-order valence-corrected chi connectivity index (χ1v) is 6.69. The lowest BCUT2D eigenvalue weighted by Crippen LogP contribution is -2.33. The van der Waals surface area contributed by atoms with E-state index in [0.717, 1.165) is 4.73 Å². The van der Waals surface area contributed by atoms with E-state index in [9.17, 15) is 10.0 Å². The minimum absolute atomic E-state index is 0.163. The summed E-state index contributed by atoms with van der Waals surface area (Å²) < 4.78 is 6.25. The van der Waals surface area contributed by atoms with Crippen molar-refractivity contribution in [2.45, 2.75) is 6.42 Å². The van der Waals surface area contributed by atoms with Gasteiger partial charge in [-0.3, -0.25) is 4.79 Å². The molecule has 0 aliphatic carbocycles. The summed E-state index contributed by atoms with van der Waals surface area (Å²) >= 11 is 0. The number of para-hydroxylation sites is 2. The number of carbonyl (C=O) groups excluding carboxylic acids is 1. The predicted octanol–water partition coefficient (Wildman–Crippen LogP) is 2.04. The van der Waals surface area contributed by atoms with Gasteiger partial charge in [-0.05, 0) is 18.2 Å². The quantitative estimate of drug-likeness (QED) is 0.588. The number of benzene rings is 2. The van der Waals surface area contributed by atoms with Gasteiger partial charge in [-0.1, -0.05) is 30.3 Å². The molecule has 1 N–H and O–H groups in total. The molecule has 2 aromatic carbocycles. The van der Waals surface area contributed by atoms with Crippen molar-refractivity contribution in [2.75, 3.05) is 6.54 Å². The highest BCUT2D eigenvalue weighted by Crippen LogP contribution is 2.12. The van der Waals surface area contributed by atoms with Gasteiger partial charge in [0.25, 0.3) is 11.4 Å². The monoisotopic (exact) mass is 282 g/mol. The van der Waals surface area contributed by atoms with Crippen LogP contribution < -0.4 is 10.0 Å². The van der Waals surface area contributed by atoms with Crippen LogP contribution in [0.25, 0.3) is 11.1 Å². The normalized spacial score (nSPS) is 10.7. The van der Waals surface area contributed by atoms with Crippen molar-refractivity contribution in [3.8, 4) is 0 Å². The summed E-state index contributed by atoms with van der Waals surface area (Å²) in [5.41, 5.74) is 1.65. The number of aromatic nitrogens is 1. The number of nitrogens with zero attached hydrogens (tertiary/aromatic N) is 1. The zero-order chi connectivity index (χ0) is 14.7. The summed E-state index contributed by atoms with van der Waals surface area (Å²) in [4.78, 5) is 11.9. The molecule has 0 aliphatic rings. The van der Waals surface area contributed by atoms with E-state index in [4.69, 9.17) is 4.42 Å². The molecule has 21 heavy (non-hydrogen) atoms. The molecule has 0 radical (unpaired) electrons. The summed E-state index contributed by atoms with van der Waals surface area (Å²) in [6.45, 7) is 0.343. The van der Waals surface area contributed by atoms with Gasteiger partial charge in [0.1, 0.15) is 0 Å². The van der Waals surface area contributed by atoms with E-state index >= 15 is 0 Å². The number of fused-ring (bicyclic) bond motifs is 1. The standard InChI is InChI=1S/C16H14N2O3/c19-16(12-6-2-1-3-7-12)17-11-10-15-18(20)13-8-4-5-9-14(13)21-15/h1-9H,10-11H2,(H,17,19). The van der Waals surface area contributed by atoms with Crippen molar-refractivity contribution in [3.05, 3.63) is 71.3 Å². The van der Waals surface area contributed by atoms with Crippen molar-refractivity contribution in [2.24, 2.45) is 0 Å². The average molecular weight is 282 g/mol. The lowest BCUT2D eigenvalue weighted by atomic mass is 10.2. The Balaban J connectivity index is 1.65. The minimum atomic E-state index is -0.163. The molecule has 3 rings (SSSR count). The van der Waals surface area contributed by atoms with Crippen LogP contribution in [0.15, 0.2) is 59.0 Å². The van der Waals surface area contributed by atoms with Crippen LogP contribution in [0.5, 0.6) is 0 Å². The molecule has 1 heterocycles. The summed E-state index contributed by atoms with van der Waals surface area (Å²) in [5, 5.41) is 14.8. The highest BCUT2D eigenvalue weighted by atomic mass is 16.5. The molecule has 0 saturated heterocycles. The summed E-state index contributed by atoms with van der Waals surface area (Å²) in [5.74, 6) is 0.133. The van der Waals surface area contributed by atoms with Gasteiger partial charge in [0.2, 0.25) is 5.58 Å². The molecule has 0 fully saturated rings. The third kappa shape index (κ3) is 2.72. The van der Waals surface area contributed by atoms with Gasteiger partial charge in [0.15, 0.2) is 0 Å². The highest BCUT2D eigenvalue weighted by molar-refractivity contribution is 5.94.